The molecule has 5 nitrogen and oxygen atoms in total. The smallest absolute Gasteiger partial charge is 0.274 e. The summed E-state index contributed by atoms with van der Waals surface area (Å²) in [6.45, 7) is 2.32. The van der Waals surface area contributed by atoms with Crippen molar-refractivity contribution < 1.29 is 9.18 Å². The van der Waals surface area contributed by atoms with Gasteiger partial charge in [-0.1, -0.05) is 29.8 Å². The van der Waals surface area contributed by atoms with Crippen LogP contribution >= 0.6 is 11.6 Å². The summed E-state index contributed by atoms with van der Waals surface area (Å²) in [6, 6.07) is 14.8. The van der Waals surface area contributed by atoms with Gasteiger partial charge in [-0.25, -0.2) is 14.4 Å². The summed E-state index contributed by atoms with van der Waals surface area (Å²) in [5.74, 6) is 0.441. The van der Waals surface area contributed by atoms with E-state index in [1.54, 1.807) is 49.4 Å². The number of aromatic nitrogens is 2. The number of carbonyl (C=O) groups is 1. The quantitative estimate of drug-likeness (QED) is 0.657. The Labute approximate surface area is 161 Å². The fourth-order valence-corrected chi connectivity index (χ4v) is 2.71. The first-order chi connectivity index (χ1) is 13.0. The van der Waals surface area contributed by atoms with Crippen LogP contribution in [-0.4, -0.2) is 22.4 Å². The van der Waals surface area contributed by atoms with Crippen LogP contribution in [0.25, 0.3) is 0 Å². The van der Waals surface area contributed by atoms with E-state index in [2.05, 4.69) is 20.6 Å². The fraction of sp³-hybridized carbons (Fsp3) is 0.150. The van der Waals surface area contributed by atoms with Crippen molar-refractivity contribution in [3.05, 3.63) is 82.5 Å². The number of rotatable bonds is 6. The van der Waals surface area contributed by atoms with Crippen LogP contribution in [0, 0.1) is 12.7 Å². The molecule has 0 aliphatic heterocycles. The molecular weight excluding hydrogens is 367 g/mol. The maximum absolute atomic E-state index is 12.9. The number of amides is 1. The van der Waals surface area contributed by atoms with E-state index in [0.717, 1.165) is 5.56 Å². The highest BCUT2D eigenvalue weighted by Crippen LogP contribution is 2.16. The zero-order valence-corrected chi connectivity index (χ0v) is 15.4. The lowest BCUT2D eigenvalue weighted by Crippen LogP contribution is -2.16. The molecular formula is C20H18ClFN4O. The van der Waals surface area contributed by atoms with Crippen molar-refractivity contribution in [2.24, 2.45) is 0 Å². The second-order valence-corrected chi connectivity index (χ2v) is 6.39. The predicted molar refractivity (Wildman–Crippen MR) is 105 cm³/mol. The highest BCUT2D eigenvalue weighted by Gasteiger charge is 2.11. The monoisotopic (exact) mass is 384 g/mol. The van der Waals surface area contributed by atoms with Gasteiger partial charge in [0, 0.05) is 23.3 Å². The molecule has 1 aromatic heterocycles. The molecule has 0 spiro atoms. The molecule has 0 unspecified atom stereocenters. The first-order valence-electron chi connectivity index (χ1n) is 8.40. The van der Waals surface area contributed by atoms with Crippen LogP contribution < -0.4 is 10.6 Å². The van der Waals surface area contributed by atoms with E-state index in [-0.39, 0.29) is 17.4 Å². The molecule has 7 heteroatoms. The third-order valence-corrected chi connectivity index (χ3v) is 4.02. The maximum atomic E-state index is 12.9. The summed E-state index contributed by atoms with van der Waals surface area (Å²) < 4.78 is 12.9. The van der Waals surface area contributed by atoms with Crippen LogP contribution in [0.2, 0.25) is 5.02 Å². The number of benzene rings is 2. The van der Waals surface area contributed by atoms with Gasteiger partial charge in [0.05, 0.1) is 0 Å². The van der Waals surface area contributed by atoms with Gasteiger partial charge in [0.2, 0.25) is 0 Å². The highest BCUT2D eigenvalue weighted by atomic mass is 35.5. The number of anilines is 2. The average Bonchev–Trinajstić information content (AvgIpc) is 2.63. The van der Waals surface area contributed by atoms with Crippen molar-refractivity contribution in [1.82, 2.24) is 9.97 Å². The zero-order chi connectivity index (χ0) is 19.2. The van der Waals surface area contributed by atoms with E-state index in [1.807, 2.05) is 0 Å². The van der Waals surface area contributed by atoms with Crippen molar-refractivity contribution >= 4 is 29.0 Å². The first kappa shape index (κ1) is 18.8. The van der Waals surface area contributed by atoms with E-state index in [0.29, 0.717) is 35.3 Å². The molecule has 2 aromatic carbocycles. The lowest BCUT2D eigenvalue weighted by atomic mass is 10.1. The van der Waals surface area contributed by atoms with Gasteiger partial charge in [-0.2, -0.15) is 0 Å². The lowest BCUT2D eigenvalue weighted by molar-refractivity contribution is 0.102. The van der Waals surface area contributed by atoms with E-state index in [9.17, 15) is 9.18 Å². The van der Waals surface area contributed by atoms with Gasteiger partial charge >= 0.3 is 0 Å². The van der Waals surface area contributed by atoms with Crippen molar-refractivity contribution in [3.8, 4) is 0 Å². The molecule has 0 saturated carbocycles. The van der Waals surface area contributed by atoms with Crippen LogP contribution in [0.15, 0.2) is 54.6 Å². The number of hydrogen-bond acceptors (Lipinski definition) is 4. The topological polar surface area (TPSA) is 66.9 Å². The Hall–Kier alpha value is -2.99. The normalized spacial score (nSPS) is 10.5. The third kappa shape index (κ3) is 5.49. The van der Waals surface area contributed by atoms with E-state index < -0.39 is 0 Å². The molecule has 138 valence electrons. The molecule has 0 aliphatic rings. The van der Waals surface area contributed by atoms with Gasteiger partial charge in [0.15, 0.2) is 0 Å². The van der Waals surface area contributed by atoms with Crippen molar-refractivity contribution in [2.75, 3.05) is 17.2 Å². The molecule has 27 heavy (non-hydrogen) atoms. The summed E-state index contributed by atoms with van der Waals surface area (Å²) in [6.07, 6.45) is 0.702. The zero-order valence-electron chi connectivity index (χ0n) is 14.7. The van der Waals surface area contributed by atoms with Crippen molar-refractivity contribution in [2.45, 2.75) is 13.3 Å². The molecule has 0 fully saturated rings. The van der Waals surface area contributed by atoms with Gasteiger partial charge in [0.1, 0.15) is 23.2 Å². The molecule has 2 N–H and O–H groups in total. The van der Waals surface area contributed by atoms with Gasteiger partial charge in [-0.3, -0.25) is 4.79 Å². The number of hydrogen-bond donors (Lipinski definition) is 2. The second-order valence-electron chi connectivity index (χ2n) is 5.95. The number of nitrogens with one attached hydrogen (secondary N) is 2. The first-order valence-corrected chi connectivity index (χ1v) is 8.78. The molecule has 3 rings (SSSR count). The molecule has 1 heterocycles. The van der Waals surface area contributed by atoms with Crippen LogP contribution in [0.3, 0.4) is 0 Å². The van der Waals surface area contributed by atoms with Crippen LogP contribution in [-0.2, 0) is 6.42 Å². The number of aryl methyl sites for hydroxylation is 1. The van der Waals surface area contributed by atoms with Crippen molar-refractivity contribution in [3.63, 3.8) is 0 Å². The molecule has 0 radical (unpaired) electrons. The highest BCUT2D eigenvalue weighted by molar-refractivity contribution is 6.30. The predicted octanol–water partition coefficient (Wildman–Crippen LogP) is 4.48. The minimum atomic E-state index is -0.343. The molecule has 3 aromatic rings. The average molecular weight is 385 g/mol. The van der Waals surface area contributed by atoms with Crippen LogP contribution in [0.5, 0.6) is 0 Å². The molecule has 0 bridgehead atoms. The largest absolute Gasteiger partial charge is 0.370 e. The van der Waals surface area contributed by atoms with Gasteiger partial charge < -0.3 is 10.6 Å². The Balaban J connectivity index is 1.64. The molecule has 0 aliphatic carbocycles. The maximum Gasteiger partial charge on any atom is 0.274 e. The summed E-state index contributed by atoms with van der Waals surface area (Å²) in [4.78, 5) is 20.9. The summed E-state index contributed by atoms with van der Waals surface area (Å²) in [5.41, 5.74) is 1.86. The second kappa shape index (κ2) is 8.60. The summed E-state index contributed by atoms with van der Waals surface area (Å²) in [7, 11) is 0. The Bertz CT molecular complexity index is 947. The minimum Gasteiger partial charge on any atom is -0.370 e. The van der Waals surface area contributed by atoms with Crippen molar-refractivity contribution in [1.29, 1.82) is 0 Å². The fourth-order valence-electron chi connectivity index (χ4n) is 2.52. The van der Waals surface area contributed by atoms with E-state index >= 15 is 0 Å². The standard InChI is InChI=1S/C20H18ClFN4O/c1-13-24-18(20(27)26-17-4-2-3-15(21)11-17)12-19(25-13)23-10-9-14-5-7-16(22)8-6-14/h2-8,11-12H,9-10H2,1H3,(H,26,27)(H,23,24,25). The Morgan fingerprint density at radius 1 is 1.11 bits per heavy atom. The Kier molecular flexibility index (Phi) is 5.98. The van der Waals surface area contributed by atoms with E-state index in [1.165, 1.54) is 12.1 Å². The molecule has 1 amide bonds. The summed E-state index contributed by atoms with van der Waals surface area (Å²) >= 11 is 5.93. The van der Waals surface area contributed by atoms with Gasteiger partial charge in [-0.05, 0) is 49.2 Å². The Morgan fingerprint density at radius 3 is 2.63 bits per heavy atom. The number of nitrogens with zero attached hydrogens (tertiary/aromatic N) is 2. The van der Waals surface area contributed by atoms with Crippen LogP contribution in [0.4, 0.5) is 15.9 Å². The summed E-state index contributed by atoms with van der Waals surface area (Å²) in [5, 5.41) is 6.47. The van der Waals surface area contributed by atoms with E-state index in [4.69, 9.17) is 11.6 Å². The number of carbonyl (C=O) groups excluding carboxylic acids is 1. The molecule has 0 saturated heterocycles. The number of halogens is 2. The minimum absolute atomic E-state index is 0.256. The SMILES string of the molecule is Cc1nc(NCCc2ccc(F)cc2)cc(C(=O)Nc2cccc(Cl)c2)n1. The van der Waals surface area contributed by atoms with Gasteiger partial charge in [-0.15, -0.1) is 0 Å². The lowest BCUT2D eigenvalue weighted by Gasteiger charge is -2.09. The molecule has 0 atom stereocenters. The Morgan fingerprint density at radius 2 is 1.89 bits per heavy atom. The van der Waals surface area contributed by atoms with Crippen LogP contribution in [0.1, 0.15) is 21.9 Å². The third-order valence-electron chi connectivity index (χ3n) is 3.79. The van der Waals surface area contributed by atoms with Gasteiger partial charge in [0.25, 0.3) is 5.91 Å².